The van der Waals surface area contributed by atoms with Gasteiger partial charge in [-0.15, -0.1) is 0 Å². The number of nitrogens with two attached hydrogens (primary N) is 1. The molecule has 3 heteroatoms. The third kappa shape index (κ3) is 5.00. The molecule has 2 unspecified atom stereocenters. The van der Waals surface area contributed by atoms with E-state index in [0.717, 1.165) is 12.0 Å². The molecule has 3 N–H and O–H groups in total. The summed E-state index contributed by atoms with van der Waals surface area (Å²) in [6, 6.07) is 10.0. The van der Waals surface area contributed by atoms with Gasteiger partial charge in [0, 0.05) is 6.42 Å². The highest BCUT2D eigenvalue weighted by Gasteiger charge is 2.10. The van der Waals surface area contributed by atoms with Crippen molar-refractivity contribution in [3.8, 4) is 0 Å². The fraction of sp³-hybridized carbons (Fsp3) is 0.500. The zero-order valence-corrected chi connectivity index (χ0v) is 10.6. The molecule has 1 amide bonds. The van der Waals surface area contributed by atoms with E-state index in [-0.39, 0.29) is 11.9 Å². The minimum atomic E-state index is 0.0666. The number of hydrogen-bond acceptors (Lipinski definition) is 2. The third-order valence-electron chi connectivity index (χ3n) is 2.94. The Morgan fingerprint density at radius 2 is 1.94 bits per heavy atom. The molecule has 0 aliphatic rings. The molecular weight excluding hydrogens is 212 g/mol. The quantitative estimate of drug-likeness (QED) is 0.793. The van der Waals surface area contributed by atoms with Gasteiger partial charge >= 0.3 is 0 Å². The monoisotopic (exact) mass is 234 g/mol. The van der Waals surface area contributed by atoms with Crippen LogP contribution in [0.5, 0.6) is 0 Å². The second-order valence-corrected chi connectivity index (χ2v) is 4.58. The SMILES string of the molecule is CC(CN)CCC(=O)NC(C)c1ccccc1. The fourth-order valence-corrected chi connectivity index (χ4v) is 1.63. The molecule has 94 valence electrons. The number of amides is 1. The van der Waals surface area contributed by atoms with Crippen molar-refractivity contribution in [1.82, 2.24) is 5.32 Å². The zero-order valence-electron chi connectivity index (χ0n) is 10.6. The van der Waals surface area contributed by atoms with Crippen molar-refractivity contribution in [3.05, 3.63) is 35.9 Å². The van der Waals surface area contributed by atoms with Crippen LogP contribution in [0.3, 0.4) is 0 Å². The molecule has 0 spiro atoms. The molecule has 3 nitrogen and oxygen atoms in total. The maximum atomic E-state index is 11.7. The van der Waals surface area contributed by atoms with Gasteiger partial charge in [0.25, 0.3) is 0 Å². The van der Waals surface area contributed by atoms with Crippen LogP contribution in [0.2, 0.25) is 0 Å². The Bertz CT molecular complexity index is 337. The van der Waals surface area contributed by atoms with Crippen LogP contribution >= 0.6 is 0 Å². The summed E-state index contributed by atoms with van der Waals surface area (Å²) in [6.07, 6.45) is 1.40. The molecule has 0 bridgehead atoms. The topological polar surface area (TPSA) is 55.1 Å². The van der Waals surface area contributed by atoms with Crippen molar-refractivity contribution < 1.29 is 4.79 Å². The number of carbonyl (C=O) groups excluding carboxylic acids is 1. The van der Waals surface area contributed by atoms with Crippen LogP contribution in [0, 0.1) is 5.92 Å². The molecule has 17 heavy (non-hydrogen) atoms. The second-order valence-electron chi connectivity index (χ2n) is 4.58. The van der Waals surface area contributed by atoms with Crippen molar-refractivity contribution in [2.24, 2.45) is 11.7 Å². The normalized spacial score (nSPS) is 14.1. The van der Waals surface area contributed by atoms with E-state index in [9.17, 15) is 4.79 Å². The van der Waals surface area contributed by atoms with E-state index in [0.29, 0.717) is 18.9 Å². The molecule has 0 aliphatic heterocycles. The Kier molecular flexibility index (Phi) is 5.70. The van der Waals surface area contributed by atoms with Gasteiger partial charge < -0.3 is 11.1 Å². The summed E-state index contributed by atoms with van der Waals surface area (Å²) in [5.41, 5.74) is 6.65. The lowest BCUT2D eigenvalue weighted by Gasteiger charge is -2.15. The number of hydrogen-bond donors (Lipinski definition) is 2. The van der Waals surface area contributed by atoms with Crippen LogP contribution in [0.4, 0.5) is 0 Å². The number of carbonyl (C=O) groups is 1. The molecule has 0 aliphatic carbocycles. The first-order valence-corrected chi connectivity index (χ1v) is 6.18. The smallest absolute Gasteiger partial charge is 0.220 e. The predicted octanol–water partition coefficient (Wildman–Crippen LogP) is 2.24. The highest BCUT2D eigenvalue weighted by molar-refractivity contribution is 5.76. The van der Waals surface area contributed by atoms with E-state index < -0.39 is 0 Å². The molecule has 0 radical (unpaired) electrons. The lowest BCUT2D eigenvalue weighted by Crippen LogP contribution is -2.27. The zero-order chi connectivity index (χ0) is 12.7. The third-order valence-corrected chi connectivity index (χ3v) is 2.94. The van der Waals surface area contributed by atoms with Crippen LogP contribution in [-0.4, -0.2) is 12.5 Å². The van der Waals surface area contributed by atoms with Gasteiger partial charge in [-0.1, -0.05) is 37.3 Å². The average molecular weight is 234 g/mol. The van der Waals surface area contributed by atoms with E-state index in [1.165, 1.54) is 0 Å². The minimum Gasteiger partial charge on any atom is -0.350 e. The summed E-state index contributed by atoms with van der Waals surface area (Å²) in [5, 5.41) is 3.00. The number of rotatable bonds is 6. The Balaban J connectivity index is 2.36. The first-order chi connectivity index (χ1) is 8.13. The summed E-state index contributed by atoms with van der Waals surface area (Å²) in [7, 11) is 0. The minimum absolute atomic E-state index is 0.0666. The summed E-state index contributed by atoms with van der Waals surface area (Å²) >= 11 is 0. The fourth-order valence-electron chi connectivity index (χ4n) is 1.63. The van der Waals surface area contributed by atoms with Crippen LogP contribution < -0.4 is 11.1 Å². The van der Waals surface area contributed by atoms with Gasteiger partial charge in [-0.2, -0.15) is 0 Å². The highest BCUT2D eigenvalue weighted by Crippen LogP contribution is 2.12. The maximum Gasteiger partial charge on any atom is 0.220 e. The lowest BCUT2D eigenvalue weighted by molar-refractivity contribution is -0.122. The maximum absolute atomic E-state index is 11.7. The Morgan fingerprint density at radius 1 is 1.29 bits per heavy atom. The molecule has 0 saturated carbocycles. The molecule has 0 heterocycles. The molecule has 1 aromatic carbocycles. The summed E-state index contributed by atoms with van der Waals surface area (Å²) in [4.78, 5) is 11.7. The molecule has 1 aromatic rings. The van der Waals surface area contributed by atoms with Crippen molar-refractivity contribution in [2.45, 2.75) is 32.7 Å². The average Bonchev–Trinajstić information content (AvgIpc) is 2.36. The largest absolute Gasteiger partial charge is 0.350 e. The van der Waals surface area contributed by atoms with Crippen LogP contribution in [0.1, 0.15) is 38.3 Å². The van der Waals surface area contributed by atoms with Gasteiger partial charge in [-0.05, 0) is 31.4 Å². The summed E-state index contributed by atoms with van der Waals surface area (Å²) in [5.74, 6) is 0.509. The summed E-state index contributed by atoms with van der Waals surface area (Å²) in [6.45, 7) is 4.70. The van der Waals surface area contributed by atoms with Gasteiger partial charge in [0.15, 0.2) is 0 Å². The Hall–Kier alpha value is -1.35. The van der Waals surface area contributed by atoms with Crippen LogP contribution in [0.15, 0.2) is 30.3 Å². The highest BCUT2D eigenvalue weighted by atomic mass is 16.1. The van der Waals surface area contributed by atoms with E-state index >= 15 is 0 Å². The predicted molar refractivity (Wildman–Crippen MR) is 70.5 cm³/mol. The van der Waals surface area contributed by atoms with Crippen molar-refractivity contribution in [2.75, 3.05) is 6.54 Å². The van der Waals surface area contributed by atoms with E-state index in [4.69, 9.17) is 5.73 Å². The van der Waals surface area contributed by atoms with Gasteiger partial charge in [0.2, 0.25) is 5.91 Å². The van der Waals surface area contributed by atoms with Crippen molar-refractivity contribution >= 4 is 5.91 Å². The number of nitrogens with one attached hydrogen (secondary N) is 1. The number of benzene rings is 1. The van der Waals surface area contributed by atoms with Crippen LogP contribution in [-0.2, 0) is 4.79 Å². The van der Waals surface area contributed by atoms with Gasteiger partial charge in [0.1, 0.15) is 0 Å². The Labute approximate surface area is 103 Å². The van der Waals surface area contributed by atoms with Crippen molar-refractivity contribution in [3.63, 3.8) is 0 Å². The first kappa shape index (κ1) is 13.7. The molecule has 1 rings (SSSR count). The van der Waals surface area contributed by atoms with Gasteiger partial charge in [-0.25, -0.2) is 0 Å². The second kappa shape index (κ2) is 7.07. The molecular formula is C14H22N2O. The van der Waals surface area contributed by atoms with E-state index in [1.807, 2.05) is 37.3 Å². The van der Waals surface area contributed by atoms with E-state index in [2.05, 4.69) is 12.2 Å². The lowest BCUT2D eigenvalue weighted by atomic mass is 10.0. The van der Waals surface area contributed by atoms with Crippen LogP contribution in [0.25, 0.3) is 0 Å². The Morgan fingerprint density at radius 3 is 2.53 bits per heavy atom. The standard InChI is InChI=1S/C14H22N2O/c1-11(10-15)8-9-14(17)16-12(2)13-6-4-3-5-7-13/h3-7,11-12H,8-10,15H2,1-2H3,(H,16,17). The molecule has 0 aromatic heterocycles. The van der Waals surface area contributed by atoms with E-state index in [1.54, 1.807) is 0 Å². The molecule has 2 atom stereocenters. The molecule has 0 fully saturated rings. The molecule has 0 saturated heterocycles. The van der Waals surface area contributed by atoms with Gasteiger partial charge in [0.05, 0.1) is 6.04 Å². The van der Waals surface area contributed by atoms with Gasteiger partial charge in [-0.3, -0.25) is 4.79 Å². The first-order valence-electron chi connectivity index (χ1n) is 6.18. The summed E-state index contributed by atoms with van der Waals surface area (Å²) < 4.78 is 0. The van der Waals surface area contributed by atoms with Crippen molar-refractivity contribution in [1.29, 1.82) is 0 Å².